The fraction of sp³-hybridized carbons (Fsp3) is 0.462. The van der Waals surface area contributed by atoms with E-state index >= 15 is 0 Å². The van der Waals surface area contributed by atoms with Crippen LogP contribution in [-0.4, -0.2) is 16.7 Å². The van der Waals surface area contributed by atoms with E-state index in [4.69, 9.17) is 0 Å². The fourth-order valence-electron chi connectivity index (χ4n) is 1.71. The van der Waals surface area contributed by atoms with Gasteiger partial charge in [-0.25, -0.2) is 0 Å². The second-order valence-corrected chi connectivity index (χ2v) is 3.67. The number of aryl methyl sites for hydroxylation is 1. The first-order valence-electron chi connectivity index (χ1n) is 5.91. The van der Waals surface area contributed by atoms with Crippen LogP contribution in [0.4, 0.5) is 5.82 Å². The Morgan fingerprint density at radius 1 is 1.35 bits per heavy atom. The first-order valence-corrected chi connectivity index (χ1v) is 5.91. The van der Waals surface area contributed by atoms with E-state index in [-0.39, 0.29) is 0 Å². The van der Waals surface area contributed by atoms with Crippen LogP contribution in [0.15, 0.2) is 12.7 Å². The van der Waals surface area contributed by atoms with Crippen LogP contribution in [0.1, 0.15) is 37.1 Å². The van der Waals surface area contributed by atoms with Crippen LogP contribution in [0.2, 0.25) is 0 Å². The second kappa shape index (κ2) is 6.64. The van der Waals surface area contributed by atoms with Gasteiger partial charge in [0.15, 0.2) is 5.82 Å². The first kappa shape index (κ1) is 13.2. The molecule has 0 radical (unpaired) electrons. The summed E-state index contributed by atoms with van der Waals surface area (Å²) in [5, 5.41) is 20.6. The van der Waals surface area contributed by atoms with E-state index in [0.717, 1.165) is 37.1 Å². The second-order valence-electron chi connectivity index (χ2n) is 3.67. The van der Waals surface area contributed by atoms with Crippen LogP contribution in [0.3, 0.4) is 0 Å². The molecule has 0 bridgehead atoms. The minimum Gasteiger partial charge on any atom is -0.367 e. The topological polar surface area (TPSA) is 61.6 Å². The highest BCUT2D eigenvalue weighted by Gasteiger charge is 2.13. The number of anilines is 1. The minimum absolute atomic E-state index is 0.586. The van der Waals surface area contributed by atoms with E-state index in [0.29, 0.717) is 11.4 Å². The molecular weight excluding hydrogens is 212 g/mol. The van der Waals surface area contributed by atoms with Gasteiger partial charge in [0, 0.05) is 6.54 Å². The molecule has 0 aliphatic carbocycles. The number of rotatable bonds is 6. The molecule has 0 aliphatic heterocycles. The molecule has 4 heteroatoms. The number of aromatic nitrogens is 2. The molecule has 1 N–H and O–H groups in total. The summed E-state index contributed by atoms with van der Waals surface area (Å²) < 4.78 is 0. The highest BCUT2D eigenvalue weighted by molar-refractivity contribution is 5.56. The molecule has 0 saturated carbocycles. The van der Waals surface area contributed by atoms with E-state index in [9.17, 15) is 5.26 Å². The quantitative estimate of drug-likeness (QED) is 0.602. The number of nitrogens with one attached hydrogen (secondary N) is 1. The third kappa shape index (κ3) is 3.04. The van der Waals surface area contributed by atoms with Crippen LogP contribution in [0.5, 0.6) is 0 Å². The van der Waals surface area contributed by atoms with Gasteiger partial charge in [0.1, 0.15) is 11.6 Å². The van der Waals surface area contributed by atoms with Gasteiger partial charge in [-0.2, -0.15) is 10.4 Å². The smallest absolute Gasteiger partial charge is 0.166 e. The molecule has 0 fully saturated rings. The van der Waals surface area contributed by atoms with E-state index in [1.807, 2.05) is 19.9 Å². The normalized spacial score (nSPS) is 9.71. The molecule has 0 unspecified atom stereocenters. The maximum absolute atomic E-state index is 9.23. The van der Waals surface area contributed by atoms with Gasteiger partial charge in [-0.1, -0.05) is 19.9 Å². The van der Waals surface area contributed by atoms with Crippen LogP contribution in [0.25, 0.3) is 0 Å². The maximum Gasteiger partial charge on any atom is 0.166 e. The number of hydrogen-bond donors (Lipinski definition) is 1. The van der Waals surface area contributed by atoms with Crippen LogP contribution in [-0.2, 0) is 12.8 Å². The molecule has 1 aromatic heterocycles. The van der Waals surface area contributed by atoms with E-state index < -0.39 is 0 Å². The summed E-state index contributed by atoms with van der Waals surface area (Å²) in [7, 11) is 0. The van der Waals surface area contributed by atoms with Gasteiger partial charge in [-0.15, -0.1) is 11.7 Å². The number of nitrogens with zero attached hydrogens (tertiary/aromatic N) is 3. The van der Waals surface area contributed by atoms with Gasteiger partial charge in [0.25, 0.3) is 0 Å². The summed E-state index contributed by atoms with van der Waals surface area (Å²) in [6.07, 6.45) is 4.27. The molecular formula is C13H18N4. The van der Waals surface area contributed by atoms with Crippen LogP contribution >= 0.6 is 0 Å². The molecule has 17 heavy (non-hydrogen) atoms. The standard InChI is InChI=1S/C13H18N4/c1-4-7-8-15-13-11(9-14)10(5-2)12(6-3)16-17-13/h4H,1,5-8H2,2-3H3,(H,15,17). The third-order valence-corrected chi connectivity index (χ3v) is 2.60. The van der Waals surface area contributed by atoms with Crippen LogP contribution < -0.4 is 5.32 Å². The van der Waals surface area contributed by atoms with Crippen molar-refractivity contribution in [2.24, 2.45) is 0 Å². The molecule has 0 aliphatic rings. The highest BCUT2D eigenvalue weighted by atomic mass is 15.2. The average Bonchev–Trinajstić information content (AvgIpc) is 2.38. The van der Waals surface area contributed by atoms with Gasteiger partial charge in [-0.05, 0) is 24.8 Å². The fourth-order valence-corrected chi connectivity index (χ4v) is 1.71. The lowest BCUT2D eigenvalue weighted by Gasteiger charge is -2.11. The highest BCUT2D eigenvalue weighted by Crippen LogP contribution is 2.19. The predicted molar refractivity (Wildman–Crippen MR) is 68.8 cm³/mol. The Morgan fingerprint density at radius 2 is 2.12 bits per heavy atom. The molecule has 0 saturated heterocycles. The van der Waals surface area contributed by atoms with Crippen molar-refractivity contribution in [3.05, 3.63) is 29.5 Å². The summed E-state index contributed by atoms with van der Waals surface area (Å²) in [4.78, 5) is 0. The molecule has 0 amide bonds. The molecule has 1 heterocycles. The Morgan fingerprint density at radius 3 is 2.65 bits per heavy atom. The summed E-state index contributed by atoms with van der Waals surface area (Å²) in [5.74, 6) is 0.586. The van der Waals surface area contributed by atoms with Gasteiger partial charge < -0.3 is 5.32 Å². The minimum atomic E-state index is 0.586. The largest absolute Gasteiger partial charge is 0.367 e. The summed E-state index contributed by atoms with van der Waals surface area (Å²) in [5.41, 5.74) is 2.55. The average molecular weight is 230 g/mol. The molecule has 0 spiro atoms. The van der Waals surface area contributed by atoms with Crippen molar-refractivity contribution >= 4 is 5.82 Å². The molecule has 1 aromatic rings. The Hall–Kier alpha value is -1.89. The lowest BCUT2D eigenvalue weighted by Crippen LogP contribution is -2.10. The number of hydrogen-bond acceptors (Lipinski definition) is 4. The van der Waals surface area contributed by atoms with Gasteiger partial charge in [0.2, 0.25) is 0 Å². The van der Waals surface area contributed by atoms with Crippen molar-refractivity contribution in [2.75, 3.05) is 11.9 Å². The molecule has 1 rings (SSSR count). The van der Waals surface area contributed by atoms with E-state index in [1.54, 1.807) is 0 Å². The molecule has 0 atom stereocenters. The van der Waals surface area contributed by atoms with Gasteiger partial charge in [-0.3, -0.25) is 0 Å². The van der Waals surface area contributed by atoms with Crippen molar-refractivity contribution in [1.29, 1.82) is 5.26 Å². The van der Waals surface area contributed by atoms with Crippen molar-refractivity contribution in [3.8, 4) is 6.07 Å². The molecule has 90 valence electrons. The Bertz CT molecular complexity index is 432. The molecule has 0 aromatic carbocycles. The van der Waals surface area contributed by atoms with Crippen molar-refractivity contribution < 1.29 is 0 Å². The number of nitriles is 1. The van der Waals surface area contributed by atoms with Crippen molar-refractivity contribution in [1.82, 2.24) is 10.2 Å². The van der Waals surface area contributed by atoms with Gasteiger partial charge >= 0.3 is 0 Å². The maximum atomic E-state index is 9.23. The lowest BCUT2D eigenvalue weighted by molar-refractivity contribution is 0.868. The zero-order chi connectivity index (χ0) is 12.7. The SMILES string of the molecule is C=CCCNc1nnc(CC)c(CC)c1C#N. The van der Waals surface area contributed by atoms with Gasteiger partial charge in [0.05, 0.1) is 5.69 Å². The summed E-state index contributed by atoms with van der Waals surface area (Å²) in [6, 6.07) is 2.23. The first-order chi connectivity index (χ1) is 8.28. The summed E-state index contributed by atoms with van der Waals surface area (Å²) >= 11 is 0. The Labute approximate surface area is 102 Å². The van der Waals surface area contributed by atoms with E-state index in [1.165, 1.54) is 0 Å². The van der Waals surface area contributed by atoms with Crippen LogP contribution in [0, 0.1) is 11.3 Å². The Kier molecular flexibility index (Phi) is 5.15. The molecule has 4 nitrogen and oxygen atoms in total. The monoisotopic (exact) mass is 230 g/mol. The zero-order valence-corrected chi connectivity index (χ0v) is 10.5. The lowest BCUT2D eigenvalue weighted by atomic mass is 10.0. The van der Waals surface area contributed by atoms with Crippen molar-refractivity contribution in [3.63, 3.8) is 0 Å². The Balaban J connectivity index is 3.06. The van der Waals surface area contributed by atoms with E-state index in [2.05, 4.69) is 28.2 Å². The third-order valence-electron chi connectivity index (χ3n) is 2.60. The predicted octanol–water partition coefficient (Wildman–Crippen LogP) is 2.46. The van der Waals surface area contributed by atoms with Crippen molar-refractivity contribution in [2.45, 2.75) is 33.1 Å². The zero-order valence-electron chi connectivity index (χ0n) is 10.5. The summed E-state index contributed by atoms with van der Waals surface area (Å²) in [6.45, 7) is 8.43.